The summed E-state index contributed by atoms with van der Waals surface area (Å²) in [6, 6.07) is 5.85. The molecule has 0 aromatic heterocycles. The van der Waals surface area contributed by atoms with E-state index in [1.165, 1.54) is 0 Å². The first-order chi connectivity index (χ1) is 12.1. The fourth-order valence-electron chi connectivity index (χ4n) is 3.18. The second kappa shape index (κ2) is 8.59. The van der Waals surface area contributed by atoms with Crippen LogP contribution in [0.4, 0.5) is 4.79 Å². The SMILES string of the molecule is Cc1cccc(C(=O)N2CCCC(CN(C)C(=O)OC(C)(C)C)C2)c1I. The lowest BCUT2D eigenvalue weighted by Crippen LogP contribution is -2.45. The molecule has 144 valence electrons. The molecule has 1 atom stereocenters. The van der Waals surface area contributed by atoms with E-state index in [2.05, 4.69) is 22.6 Å². The summed E-state index contributed by atoms with van der Waals surface area (Å²) in [5.41, 5.74) is 1.39. The molecule has 5 nitrogen and oxygen atoms in total. The molecule has 0 N–H and O–H groups in total. The van der Waals surface area contributed by atoms with E-state index in [-0.39, 0.29) is 17.9 Å². The Morgan fingerprint density at radius 1 is 1.35 bits per heavy atom. The van der Waals surface area contributed by atoms with Gasteiger partial charge in [-0.1, -0.05) is 12.1 Å². The van der Waals surface area contributed by atoms with Crippen molar-refractivity contribution in [1.29, 1.82) is 0 Å². The van der Waals surface area contributed by atoms with Crippen LogP contribution in [0, 0.1) is 16.4 Å². The Hall–Kier alpha value is -1.31. The minimum Gasteiger partial charge on any atom is -0.444 e. The highest BCUT2D eigenvalue weighted by Crippen LogP contribution is 2.23. The van der Waals surface area contributed by atoms with Crippen LogP contribution in [0.15, 0.2) is 18.2 Å². The number of ether oxygens (including phenoxy) is 1. The van der Waals surface area contributed by atoms with E-state index in [0.717, 1.165) is 34.1 Å². The molecule has 6 heteroatoms. The van der Waals surface area contributed by atoms with Crippen molar-refractivity contribution in [3.05, 3.63) is 32.9 Å². The Bertz CT molecular complexity index is 670. The van der Waals surface area contributed by atoms with Crippen molar-refractivity contribution < 1.29 is 14.3 Å². The van der Waals surface area contributed by atoms with E-state index in [4.69, 9.17) is 4.74 Å². The van der Waals surface area contributed by atoms with Gasteiger partial charge in [0.15, 0.2) is 0 Å². The smallest absolute Gasteiger partial charge is 0.410 e. The summed E-state index contributed by atoms with van der Waals surface area (Å²) in [7, 11) is 1.76. The summed E-state index contributed by atoms with van der Waals surface area (Å²) < 4.78 is 6.44. The van der Waals surface area contributed by atoms with Gasteiger partial charge in [-0.05, 0) is 80.7 Å². The number of aryl methyl sites for hydroxylation is 1. The molecule has 0 radical (unpaired) electrons. The zero-order valence-corrected chi connectivity index (χ0v) is 18.5. The highest BCUT2D eigenvalue weighted by molar-refractivity contribution is 14.1. The minimum absolute atomic E-state index is 0.0859. The van der Waals surface area contributed by atoms with Crippen LogP contribution in [0.2, 0.25) is 0 Å². The Morgan fingerprint density at radius 3 is 2.69 bits per heavy atom. The number of hydrogen-bond acceptors (Lipinski definition) is 3. The van der Waals surface area contributed by atoms with Gasteiger partial charge in [-0.15, -0.1) is 0 Å². The number of hydrogen-bond donors (Lipinski definition) is 0. The zero-order valence-electron chi connectivity index (χ0n) is 16.3. The fraction of sp³-hybridized carbons (Fsp3) is 0.600. The summed E-state index contributed by atoms with van der Waals surface area (Å²) in [5, 5.41) is 0. The fourth-order valence-corrected chi connectivity index (χ4v) is 3.77. The van der Waals surface area contributed by atoms with Crippen LogP contribution in [0.5, 0.6) is 0 Å². The second-order valence-electron chi connectivity index (χ2n) is 8.06. The molecule has 1 heterocycles. The van der Waals surface area contributed by atoms with Crippen molar-refractivity contribution in [2.45, 2.75) is 46.1 Å². The largest absolute Gasteiger partial charge is 0.444 e. The number of rotatable bonds is 3. The van der Waals surface area contributed by atoms with E-state index in [1.54, 1.807) is 11.9 Å². The topological polar surface area (TPSA) is 49.9 Å². The number of carbonyl (C=O) groups excluding carboxylic acids is 2. The Labute approximate surface area is 170 Å². The Morgan fingerprint density at radius 2 is 2.04 bits per heavy atom. The van der Waals surface area contributed by atoms with Gasteiger partial charge in [-0.25, -0.2) is 4.79 Å². The number of piperidine rings is 1. The van der Waals surface area contributed by atoms with Gasteiger partial charge in [-0.2, -0.15) is 0 Å². The summed E-state index contributed by atoms with van der Waals surface area (Å²) in [6.45, 7) is 9.66. The van der Waals surface area contributed by atoms with Crippen molar-refractivity contribution in [3.63, 3.8) is 0 Å². The molecule has 0 aliphatic carbocycles. The summed E-state index contributed by atoms with van der Waals surface area (Å²) >= 11 is 2.25. The summed E-state index contributed by atoms with van der Waals surface area (Å²) in [5.74, 6) is 0.357. The molecule has 26 heavy (non-hydrogen) atoms. The highest BCUT2D eigenvalue weighted by Gasteiger charge is 2.28. The van der Waals surface area contributed by atoms with Crippen LogP contribution in [-0.2, 0) is 4.74 Å². The first-order valence-electron chi connectivity index (χ1n) is 9.07. The number of likely N-dealkylation sites (tertiary alicyclic amines) is 1. The average molecular weight is 472 g/mol. The van der Waals surface area contributed by atoms with Crippen LogP contribution in [0.25, 0.3) is 0 Å². The molecule has 1 aliphatic heterocycles. The Kier molecular flexibility index (Phi) is 6.93. The molecule has 1 fully saturated rings. The van der Waals surface area contributed by atoms with E-state index in [0.29, 0.717) is 13.1 Å². The van der Waals surface area contributed by atoms with Crippen LogP contribution in [-0.4, -0.2) is 54.1 Å². The Balaban J connectivity index is 1.99. The first kappa shape index (κ1) is 21.0. The van der Waals surface area contributed by atoms with Crippen LogP contribution < -0.4 is 0 Å². The van der Waals surface area contributed by atoms with Gasteiger partial charge in [0.05, 0.1) is 5.56 Å². The van der Waals surface area contributed by atoms with Gasteiger partial charge in [0.1, 0.15) is 5.60 Å². The number of halogens is 1. The lowest BCUT2D eigenvalue weighted by Gasteiger charge is -2.35. The van der Waals surface area contributed by atoms with Crippen LogP contribution >= 0.6 is 22.6 Å². The third-order valence-electron chi connectivity index (χ3n) is 4.47. The maximum absolute atomic E-state index is 12.9. The lowest BCUT2D eigenvalue weighted by atomic mass is 9.96. The molecular weight excluding hydrogens is 443 g/mol. The van der Waals surface area contributed by atoms with Crippen molar-refractivity contribution in [2.24, 2.45) is 5.92 Å². The number of benzene rings is 1. The third-order valence-corrected chi connectivity index (χ3v) is 5.90. The van der Waals surface area contributed by atoms with Gasteiger partial charge in [-0.3, -0.25) is 4.79 Å². The van der Waals surface area contributed by atoms with Gasteiger partial charge < -0.3 is 14.5 Å². The van der Waals surface area contributed by atoms with E-state index in [9.17, 15) is 9.59 Å². The van der Waals surface area contributed by atoms with Gasteiger partial charge in [0.25, 0.3) is 5.91 Å². The first-order valence-corrected chi connectivity index (χ1v) is 10.1. The number of nitrogens with zero attached hydrogens (tertiary/aromatic N) is 2. The summed E-state index contributed by atoms with van der Waals surface area (Å²) in [6.07, 6.45) is 1.66. The minimum atomic E-state index is -0.498. The van der Waals surface area contributed by atoms with Crippen molar-refractivity contribution in [1.82, 2.24) is 9.80 Å². The lowest BCUT2D eigenvalue weighted by molar-refractivity contribution is 0.0244. The predicted molar refractivity (Wildman–Crippen MR) is 111 cm³/mol. The molecule has 2 rings (SSSR count). The molecule has 1 aromatic carbocycles. The van der Waals surface area contributed by atoms with Crippen molar-refractivity contribution in [3.8, 4) is 0 Å². The van der Waals surface area contributed by atoms with E-state index >= 15 is 0 Å². The van der Waals surface area contributed by atoms with Crippen molar-refractivity contribution >= 4 is 34.6 Å². The quantitative estimate of drug-likeness (QED) is 0.616. The van der Waals surface area contributed by atoms with E-state index in [1.807, 2.05) is 50.8 Å². The van der Waals surface area contributed by atoms with Crippen molar-refractivity contribution in [2.75, 3.05) is 26.7 Å². The normalized spacial score (nSPS) is 17.8. The summed E-state index contributed by atoms with van der Waals surface area (Å²) in [4.78, 5) is 28.7. The van der Waals surface area contributed by atoms with Gasteiger partial charge >= 0.3 is 6.09 Å². The third kappa shape index (κ3) is 5.59. The molecule has 1 aliphatic rings. The predicted octanol–water partition coefficient (Wildman–Crippen LogP) is 4.32. The standard InChI is InChI=1S/C20H29IN2O3/c1-14-8-6-10-16(17(14)21)18(24)23-11-7-9-15(13-23)12-22(5)19(25)26-20(2,3)4/h6,8,10,15H,7,9,11-13H2,1-5H3. The molecule has 1 saturated heterocycles. The van der Waals surface area contributed by atoms with Crippen LogP contribution in [0.3, 0.4) is 0 Å². The molecule has 0 saturated carbocycles. The molecule has 1 aromatic rings. The average Bonchev–Trinajstić information content (AvgIpc) is 2.55. The maximum Gasteiger partial charge on any atom is 0.410 e. The molecule has 1 unspecified atom stereocenters. The highest BCUT2D eigenvalue weighted by atomic mass is 127. The number of amides is 2. The molecular formula is C20H29IN2O3. The van der Waals surface area contributed by atoms with E-state index < -0.39 is 5.60 Å². The zero-order chi connectivity index (χ0) is 19.5. The molecule has 0 spiro atoms. The van der Waals surface area contributed by atoms with Crippen LogP contribution in [0.1, 0.15) is 49.5 Å². The monoisotopic (exact) mass is 472 g/mol. The second-order valence-corrected chi connectivity index (χ2v) is 9.14. The molecule has 0 bridgehead atoms. The number of carbonyl (C=O) groups is 2. The maximum atomic E-state index is 12.9. The molecule has 2 amide bonds. The van der Waals surface area contributed by atoms with Gasteiger partial charge in [0.2, 0.25) is 0 Å². The van der Waals surface area contributed by atoms with Gasteiger partial charge in [0, 0.05) is 30.3 Å².